The zero-order valence-corrected chi connectivity index (χ0v) is 18.1. The molecule has 3 heterocycles. The van der Waals surface area contributed by atoms with Gasteiger partial charge < -0.3 is 15.1 Å². The summed E-state index contributed by atoms with van der Waals surface area (Å²) in [7, 11) is 3.64. The number of nitrogens with zero attached hydrogens (tertiary/aromatic N) is 3. The van der Waals surface area contributed by atoms with Crippen LogP contribution in [0.25, 0.3) is 11.3 Å². The SMILES string of the molecule is Cc1sc2c(c1CC(=O)Nc1nc(-c3ccc(F)cc3F)cs1)C(=O)N(C)CN2C. The number of anilines is 2. The van der Waals surface area contributed by atoms with Crippen molar-refractivity contribution in [3.8, 4) is 11.3 Å². The highest BCUT2D eigenvalue weighted by molar-refractivity contribution is 7.16. The molecule has 0 aliphatic carbocycles. The number of thiophene rings is 1. The van der Waals surface area contributed by atoms with E-state index in [9.17, 15) is 18.4 Å². The van der Waals surface area contributed by atoms with Crippen molar-refractivity contribution in [3.05, 3.63) is 51.2 Å². The van der Waals surface area contributed by atoms with Gasteiger partial charge in [-0.25, -0.2) is 13.8 Å². The van der Waals surface area contributed by atoms with Gasteiger partial charge in [-0.05, 0) is 24.6 Å². The molecule has 2 amide bonds. The van der Waals surface area contributed by atoms with Gasteiger partial charge in [0.25, 0.3) is 5.91 Å². The van der Waals surface area contributed by atoms with Gasteiger partial charge in [-0.3, -0.25) is 9.59 Å². The van der Waals surface area contributed by atoms with Gasteiger partial charge in [0.2, 0.25) is 5.91 Å². The first-order chi connectivity index (χ1) is 14.2. The van der Waals surface area contributed by atoms with E-state index >= 15 is 0 Å². The van der Waals surface area contributed by atoms with Crippen LogP contribution in [-0.4, -0.2) is 42.5 Å². The largest absolute Gasteiger partial charge is 0.348 e. The van der Waals surface area contributed by atoms with Crippen LogP contribution < -0.4 is 10.2 Å². The maximum absolute atomic E-state index is 14.0. The smallest absolute Gasteiger partial charge is 0.258 e. The van der Waals surface area contributed by atoms with Crippen molar-refractivity contribution in [3.63, 3.8) is 0 Å². The molecule has 0 radical (unpaired) electrons. The lowest BCUT2D eigenvalue weighted by Gasteiger charge is -2.31. The van der Waals surface area contributed by atoms with E-state index < -0.39 is 11.6 Å². The molecule has 1 aliphatic heterocycles. The van der Waals surface area contributed by atoms with Crippen LogP contribution in [0.2, 0.25) is 0 Å². The van der Waals surface area contributed by atoms with Crippen LogP contribution in [0.3, 0.4) is 0 Å². The minimum atomic E-state index is -0.717. The maximum Gasteiger partial charge on any atom is 0.258 e. The fraction of sp³-hybridized carbons (Fsp3) is 0.250. The molecule has 1 N–H and O–H groups in total. The Bertz CT molecular complexity index is 1160. The van der Waals surface area contributed by atoms with Crippen molar-refractivity contribution in [2.24, 2.45) is 0 Å². The average Bonchev–Trinajstić information content (AvgIpc) is 3.25. The van der Waals surface area contributed by atoms with Crippen molar-refractivity contribution in [2.45, 2.75) is 13.3 Å². The second-order valence-electron chi connectivity index (χ2n) is 7.05. The Labute approximate surface area is 179 Å². The summed E-state index contributed by atoms with van der Waals surface area (Å²) in [6.07, 6.45) is 0.0326. The van der Waals surface area contributed by atoms with E-state index in [0.29, 0.717) is 28.6 Å². The van der Waals surface area contributed by atoms with Gasteiger partial charge in [0.05, 0.1) is 24.3 Å². The van der Waals surface area contributed by atoms with Crippen LogP contribution >= 0.6 is 22.7 Å². The molecule has 10 heteroatoms. The Morgan fingerprint density at radius 3 is 2.77 bits per heavy atom. The standard InChI is InChI=1S/C20H18F2N4O2S2/c1-10-13(17-18(28)25(2)9-26(3)19(17)30-10)7-16(27)24-20-23-15(8-29-20)12-5-4-11(21)6-14(12)22/h4-6,8H,7,9H2,1-3H3,(H,23,24,27). The number of carbonyl (C=O) groups is 2. The maximum atomic E-state index is 14.0. The van der Waals surface area contributed by atoms with Crippen LogP contribution in [0, 0.1) is 18.6 Å². The molecule has 0 spiro atoms. The fourth-order valence-electron chi connectivity index (χ4n) is 3.38. The molecule has 0 bridgehead atoms. The summed E-state index contributed by atoms with van der Waals surface area (Å²) in [6.45, 7) is 2.39. The number of amides is 2. The first-order valence-electron chi connectivity index (χ1n) is 9.04. The third-order valence-electron chi connectivity index (χ3n) is 4.82. The van der Waals surface area contributed by atoms with Gasteiger partial charge in [0.1, 0.15) is 16.6 Å². The lowest BCUT2D eigenvalue weighted by atomic mass is 10.0. The highest BCUT2D eigenvalue weighted by Gasteiger charge is 2.32. The number of nitrogens with one attached hydrogen (secondary N) is 1. The van der Waals surface area contributed by atoms with Crippen molar-refractivity contribution >= 4 is 44.6 Å². The number of rotatable bonds is 4. The predicted molar refractivity (Wildman–Crippen MR) is 114 cm³/mol. The van der Waals surface area contributed by atoms with E-state index in [1.807, 2.05) is 18.9 Å². The van der Waals surface area contributed by atoms with Gasteiger partial charge in [0.15, 0.2) is 5.13 Å². The lowest BCUT2D eigenvalue weighted by Crippen LogP contribution is -2.42. The van der Waals surface area contributed by atoms with Crippen molar-refractivity contribution in [1.82, 2.24) is 9.88 Å². The first kappa shape index (κ1) is 20.4. The first-order valence-corrected chi connectivity index (χ1v) is 10.7. The van der Waals surface area contributed by atoms with Crippen LogP contribution in [0.1, 0.15) is 20.8 Å². The van der Waals surface area contributed by atoms with E-state index in [0.717, 1.165) is 33.3 Å². The van der Waals surface area contributed by atoms with Crippen molar-refractivity contribution in [1.29, 1.82) is 0 Å². The molecule has 0 saturated heterocycles. The zero-order chi connectivity index (χ0) is 21.6. The second kappa shape index (κ2) is 7.77. The minimum absolute atomic E-state index is 0.0326. The molecule has 1 aromatic carbocycles. The van der Waals surface area contributed by atoms with Gasteiger partial charge >= 0.3 is 0 Å². The number of aromatic nitrogens is 1. The summed E-state index contributed by atoms with van der Waals surface area (Å²) < 4.78 is 27.1. The summed E-state index contributed by atoms with van der Waals surface area (Å²) in [5.41, 5.74) is 1.75. The molecule has 0 fully saturated rings. The zero-order valence-electron chi connectivity index (χ0n) is 16.5. The number of halogens is 2. The average molecular weight is 449 g/mol. The molecular weight excluding hydrogens is 430 g/mol. The third kappa shape index (κ3) is 3.68. The second-order valence-corrected chi connectivity index (χ2v) is 9.11. The predicted octanol–water partition coefficient (Wildman–Crippen LogP) is 4.12. The Kier molecular flexibility index (Phi) is 5.29. The summed E-state index contributed by atoms with van der Waals surface area (Å²) in [5.74, 6) is -1.80. The molecule has 4 rings (SSSR count). The topological polar surface area (TPSA) is 65.5 Å². The Balaban J connectivity index is 1.53. The molecule has 30 heavy (non-hydrogen) atoms. The van der Waals surface area contributed by atoms with Crippen molar-refractivity contribution in [2.75, 3.05) is 31.0 Å². The molecule has 3 aromatic rings. The minimum Gasteiger partial charge on any atom is -0.348 e. The number of hydrogen-bond donors (Lipinski definition) is 1. The van der Waals surface area contributed by atoms with E-state index in [1.54, 1.807) is 17.3 Å². The molecule has 2 aromatic heterocycles. The van der Waals surface area contributed by atoms with E-state index in [2.05, 4.69) is 10.3 Å². The number of thiazole rings is 1. The Morgan fingerprint density at radius 1 is 1.27 bits per heavy atom. The number of carbonyl (C=O) groups excluding carboxylic acids is 2. The fourth-order valence-corrected chi connectivity index (χ4v) is 5.22. The Morgan fingerprint density at radius 2 is 2.03 bits per heavy atom. The molecule has 0 saturated carbocycles. The normalized spacial score (nSPS) is 13.6. The molecule has 156 valence electrons. The Hall–Kier alpha value is -2.85. The number of hydrogen-bond acceptors (Lipinski definition) is 6. The van der Waals surface area contributed by atoms with Gasteiger partial charge in [0, 0.05) is 36.0 Å². The van der Waals surface area contributed by atoms with Gasteiger partial charge in [-0.15, -0.1) is 22.7 Å². The molecule has 1 aliphatic rings. The quantitative estimate of drug-likeness (QED) is 0.652. The molecular formula is C20H18F2N4O2S2. The van der Waals surface area contributed by atoms with Crippen LogP contribution in [-0.2, 0) is 11.2 Å². The summed E-state index contributed by atoms with van der Waals surface area (Å²) in [6, 6.07) is 3.26. The van der Waals surface area contributed by atoms with Crippen LogP contribution in [0.5, 0.6) is 0 Å². The van der Waals surface area contributed by atoms with Crippen LogP contribution in [0.15, 0.2) is 23.6 Å². The van der Waals surface area contributed by atoms with E-state index in [4.69, 9.17) is 0 Å². The highest BCUT2D eigenvalue weighted by atomic mass is 32.1. The number of fused-ring (bicyclic) bond motifs is 1. The summed E-state index contributed by atoms with van der Waals surface area (Å²) in [5, 5.41) is 5.47. The number of benzene rings is 1. The summed E-state index contributed by atoms with van der Waals surface area (Å²) in [4.78, 5) is 34.0. The molecule has 0 atom stereocenters. The highest BCUT2D eigenvalue weighted by Crippen LogP contribution is 2.39. The number of aryl methyl sites for hydroxylation is 1. The van der Waals surface area contributed by atoms with Gasteiger partial charge in [-0.1, -0.05) is 0 Å². The summed E-state index contributed by atoms with van der Waals surface area (Å²) >= 11 is 2.64. The van der Waals surface area contributed by atoms with Gasteiger partial charge in [-0.2, -0.15) is 0 Å². The monoisotopic (exact) mass is 448 g/mol. The van der Waals surface area contributed by atoms with E-state index in [-0.39, 0.29) is 23.8 Å². The lowest BCUT2D eigenvalue weighted by molar-refractivity contribution is -0.115. The van der Waals surface area contributed by atoms with Crippen LogP contribution in [0.4, 0.5) is 18.9 Å². The molecule has 0 unspecified atom stereocenters. The third-order valence-corrected chi connectivity index (χ3v) is 6.84. The van der Waals surface area contributed by atoms with Crippen molar-refractivity contribution < 1.29 is 18.4 Å². The van der Waals surface area contributed by atoms with E-state index in [1.165, 1.54) is 17.4 Å². The molecule has 6 nitrogen and oxygen atoms in total.